The van der Waals surface area contributed by atoms with Crippen molar-refractivity contribution in [3.05, 3.63) is 54.1 Å². The van der Waals surface area contributed by atoms with Crippen LogP contribution in [0.1, 0.15) is 30.2 Å². The van der Waals surface area contributed by atoms with Gasteiger partial charge in [-0.2, -0.15) is 0 Å². The van der Waals surface area contributed by atoms with Crippen molar-refractivity contribution in [3.8, 4) is 0 Å². The predicted molar refractivity (Wildman–Crippen MR) is 116 cm³/mol. The first-order valence-corrected chi connectivity index (χ1v) is 10.3. The summed E-state index contributed by atoms with van der Waals surface area (Å²) in [6.45, 7) is 4.16. The van der Waals surface area contributed by atoms with Crippen LogP contribution in [0, 0.1) is 0 Å². The Morgan fingerprint density at radius 1 is 1.10 bits per heavy atom. The Morgan fingerprint density at radius 2 is 1.83 bits per heavy atom. The number of para-hydroxylation sites is 2. The molecule has 2 aromatic heterocycles. The zero-order chi connectivity index (χ0) is 21.3. The highest BCUT2D eigenvalue weighted by atomic mass is 32.2. The van der Waals surface area contributed by atoms with Crippen LogP contribution in [0.5, 0.6) is 0 Å². The Balaban J connectivity index is 1.56. The zero-order valence-corrected chi connectivity index (χ0v) is 17.2. The highest BCUT2D eigenvalue weighted by Gasteiger charge is 2.17. The highest BCUT2D eigenvalue weighted by Crippen LogP contribution is 2.29. The van der Waals surface area contributed by atoms with E-state index in [0.29, 0.717) is 5.16 Å². The van der Waals surface area contributed by atoms with E-state index < -0.39 is 5.97 Å². The molecule has 0 spiro atoms. The lowest BCUT2D eigenvalue weighted by molar-refractivity contribution is -0.113. The molecule has 9 heteroatoms. The van der Waals surface area contributed by atoms with Gasteiger partial charge in [0.25, 0.3) is 0 Å². The summed E-state index contributed by atoms with van der Waals surface area (Å²) in [5, 5.41) is 21.7. The monoisotopic (exact) mass is 421 g/mol. The third kappa shape index (κ3) is 3.71. The minimum atomic E-state index is -1.10. The number of aromatic nitrogens is 4. The van der Waals surface area contributed by atoms with Gasteiger partial charge in [-0.3, -0.25) is 4.79 Å². The van der Waals surface area contributed by atoms with Crippen LogP contribution in [-0.4, -0.2) is 42.5 Å². The van der Waals surface area contributed by atoms with Crippen LogP contribution in [0.15, 0.2) is 53.7 Å². The van der Waals surface area contributed by atoms with Gasteiger partial charge in [0.15, 0.2) is 5.65 Å². The minimum Gasteiger partial charge on any atom is -0.478 e. The number of hydrogen-bond donors (Lipinski definition) is 2. The van der Waals surface area contributed by atoms with Gasteiger partial charge in [-0.05, 0) is 32.0 Å². The highest BCUT2D eigenvalue weighted by molar-refractivity contribution is 7.99. The number of carbonyl (C=O) groups is 2. The summed E-state index contributed by atoms with van der Waals surface area (Å²) >= 11 is 1.15. The molecule has 0 aliphatic heterocycles. The van der Waals surface area contributed by atoms with Crippen molar-refractivity contribution in [2.24, 2.45) is 0 Å². The molecule has 0 saturated carbocycles. The van der Waals surface area contributed by atoms with E-state index in [1.54, 1.807) is 18.2 Å². The SMILES string of the molecule is CC(C)n1c2ccccc2c2nnc(SCC(=O)Nc3ccccc3C(=O)O)nc21. The smallest absolute Gasteiger partial charge is 0.337 e. The van der Waals surface area contributed by atoms with Crippen LogP contribution in [0.3, 0.4) is 0 Å². The number of carbonyl (C=O) groups excluding carboxylic acids is 1. The van der Waals surface area contributed by atoms with Crippen LogP contribution in [0.2, 0.25) is 0 Å². The van der Waals surface area contributed by atoms with Crippen molar-refractivity contribution in [3.63, 3.8) is 0 Å². The molecule has 152 valence electrons. The quantitative estimate of drug-likeness (QED) is 0.453. The van der Waals surface area contributed by atoms with Gasteiger partial charge in [-0.25, -0.2) is 9.78 Å². The maximum Gasteiger partial charge on any atom is 0.337 e. The minimum absolute atomic E-state index is 0.0308. The Labute approximate surface area is 176 Å². The normalized spacial score (nSPS) is 11.3. The second-order valence-electron chi connectivity index (χ2n) is 6.94. The van der Waals surface area contributed by atoms with E-state index >= 15 is 0 Å². The molecule has 0 bridgehead atoms. The maximum atomic E-state index is 12.3. The second kappa shape index (κ2) is 8.11. The number of amides is 1. The van der Waals surface area contributed by atoms with Crippen LogP contribution in [-0.2, 0) is 4.79 Å². The Morgan fingerprint density at radius 3 is 2.60 bits per heavy atom. The fourth-order valence-electron chi connectivity index (χ4n) is 3.32. The third-order valence-corrected chi connectivity index (χ3v) is 5.41. The number of rotatable bonds is 6. The van der Waals surface area contributed by atoms with E-state index in [-0.39, 0.29) is 29.0 Å². The van der Waals surface area contributed by atoms with Crippen LogP contribution >= 0.6 is 11.8 Å². The summed E-state index contributed by atoms with van der Waals surface area (Å²) < 4.78 is 2.10. The van der Waals surface area contributed by atoms with E-state index in [2.05, 4.69) is 38.9 Å². The maximum absolute atomic E-state index is 12.3. The number of anilines is 1. The molecule has 4 rings (SSSR count). The molecule has 0 aliphatic rings. The summed E-state index contributed by atoms with van der Waals surface area (Å²) in [7, 11) is 0. The van der Waals surface area contributed by atoms with Crippen molar-refractivity contribution in [1.29, 1.82) is 0 Å². The van der Waals surface area contributed by atoms with Gasteiger partial charge < -0.3 is 15.0 Å². The van der Waals surface area contributed by atoms with E-state index in [0.717, 1.165) is 33.8 Å². The lowest BCUT2D eigenvalue weighted by Crippen LogP contribution is -2.16. The molecule has 0 saturated heterocycles. The number of carboxylic acid groups (broad SMARTS) is 1. The second-order valence-corrected chi connectivity index (χ2v) is 7.88. The molecular formula is C21H19N5O3S. The Kier molecular flexibility index (Phi) is 5.37. The van der Waals surface area contributed by atoms with Gasteiger partial charge in [0, 0.05) is 11.4 Å². The summed E-state index contributed by atoms with van der Waals surface area (Å²) in [5.41, 5.74) is 2.78. The number of nitrogens with one attached hydrogen (secondary N) is 1. The number of carboxylic acids is 1. The van der Waals surface area contributed by atoms with Gasteiger partial charge in [-0.1, -0.05) is 42.1 Å². The number of hydrogen-bond acceptors (Lipinski definition) is 6. The first-order valence-electron chi connectivity index (χ1n) is 9.34. The first kappa shape index (κ1) is 19.8. The van der Waals surface area contributed by atoms with Gasteiger partial charge in [0.1, 0.15) is 5.52 Å². The van der Waals surface area contributed by atoms with Gasteiger partial charge in [-0.15, -0.1) is 10.2 Å². The van der Waals surface area contributed by atoms with Gasteiger partial charge >= 0.3 is 5.97 Å². The summed E-state index contributed by atoms with van der Waals surface area (Å²) in [4.78, 5) is 28.3. The fraction of sp³-hybridized carbons (Fsp3) is 0.190. The van der Waals surface area contributed by atoms with Crippen molar-refractivity contribution < 1.29 is 14.7 Å². The molecule has 30 heavy (non-hydrogen) atoms. The third-order valence-electron chi connectivity index (χ3n) is 4.58. The molecular weight excluding hydrogens is 402 g/mol. The van der Waals surface area contributed by atoms with E-state index in [1.807, 2.05) is 24.3 Å². The van der Waals surface area contributed by atoms with E-state index in [9.17, 15) is 14.7 Å². The lowest BCUT2D eigenvalue weighted by atomic mass is 10.2. The lowest BCUT2D eigenvalue weighted by Gasteiger charge is -2.10. The predicted octanol–water partition coefficient (Wildman–Crippen LogP) is 3.99. The summed E-state index contributed by atoms with van der Waals surface area (Å²) in [5.74, 6) is -1.41. The topological polar surface area (TPSA) is 110 Å². The summed E-state index contributed by atoms with van der Waals surface area (Å²) in [6, 6.07) is 14.4. The first-order chi connectivity index (χ1) is 14.5. The van der Waals surface area contributed by atoms with Crippen molar-refractivity contribution in [1.82, 2.24) is 19.7 Å². The molecule has 0 radical (unpaired) electrons. The van der Waals surface area contributed by atoms with Gasteiger partial charge in [0.2, 0.25) is 11.1 Å². The average Bonchev–Trinajstić information content (AvgIpc) is 3.06. The number of fused-ring (bicyclic) bond motifs is 3. The Bertz CT molecular complexity index is 1270. The van der Waals surface area contributed by atoms with Crippen molar-refractivity contribution in [2.45, 2.75) is 25.0 Å². The number of thioether (sulfide) groups is 1. The zero-order valence-electron chi connectivity index (χ0n) is 16.4. The molecule has 2 heterocycles. The molecule has 0 unspecified atom stereocenters. The molecule has 2 aromatic carbocycles. The number of aromatic carboxylic acids is 1. The molecule has 2 N–H and O–H groups in total. The van der Waals surface area contributed by atoms with E-state index in [1.165, 1.54) is 6.07 Å². The van der Waals surface area contributed by atoms with Crippen LogP contribution < -0.4 is 5.32 Å². The molecule has 0 atom stereocenters. The van der Waals surface area contributed by atoms with Crippen LogP contribution in [0.25, 0.3) is 22.1 Å². The summed E-state index contributed by atoms with van der Waals surface area (Å²) in [6.07, 6.45) is 0. The fourth-order valence-corrected chi connectivity index (χ4v) is 3.90. The van der Waals surface area contributed by atoms with Crippen molar-refractivity contribution >= 4 is 51.4 Å². The molecule has 0 fully saturated rings. The van der Waals surface area contributed by atoms with E-state index in [4.69, 9.17) is 0 Å². The van der Waals surface area contributed by atoms with Crippen LogP contribution in [0.4, 0.5) is 5.69 Å². The largest absolute Gasteiger partial charge is 0.478 e. The van der Waals surface area contributed by atoms with Gasteiger partial charge in [0.05, 0.1) is 22.5 Å². The molecule has 8 nitrogen and oxygen atoms in total. The standard InChI is InChI=1S/C21H19N5O3S/c1-12(2)26-16-10-6-4-8-14(16)18-19(26)23-21(25-24-18)30-11-17(27)22-15-9-5-3-7-13(15)20(28)29/h3-10,12H,11H2,1-2H3,(H,22,27)(H,28,29). The average molecular weight is 421 g/mol. The molecule has 1 amide bonds. The Hall–Kier alpha value is -3.46. The number of benzene rings is 2. The number of nitrogens with zero attached hydrogens (tertiary/aromatic N) is 4. The molecule has 0 aliphatic carbocycles. The molecule has 4 aromatic rings. The van der Waals surface area contributed by atoms with Crippen molar-refractivity contribution in [2.75, 3.05) is 11.1 Å².